The molecule has 0 aliphatic rings. The summed E-state index contributed by atoms with van der Waals surface area (Å²) in [5, 5.41) is 22.7. The van der Waals surface area contributed by atoms with E-state index in [1.807, 2.05) is 0 Å². The normalized spacial score (nSPS) is 11.0. The van der Waals surface area contributed by atoms with Gasteiger partial charge in [-0.15, -0.1) is 0 Å². The van der Waals surface area contributed by atoms with Crippen molar-refractivity contribution in [1.82, 2.24) is 0 Å². The summed E-state index contributed by atoms with van der Waals surface area (Å²) in [7, 11) is 1.25. The van der Waals surface area contributed by atoms with Crippen LogP contribution in [-0.4, -0.2) is 23.4 Å². The Hall–Kier alpha value is -3.41. The fourth-order valence-electron chi connectivity index (χ4n) is 2.34. The predicted molar refractivity (Wildman–Crippen MR) is 91.0 cm³/mol. The number of carbonyl (C=O) groups is 1. The van der Waals surface area contributed by atoms with Crippen molar-refractivity contribution in [3.8, 4) is 5.75 Å². The molecule has 13 heteroatoms. The quantitative estimate of drug-likeness (QED) is 0.387. The van der Waals surface area contributed by atoms with Gasteiger partial charge in [-0.1, -0.05) is 11.6 Å². The van der Waals surface area contributed by atoms with Crippen LogP contribution in [0.15, 0.2) is 30.3 Å². The number of halogens is 4. The monoisotopic (exact) mass is 419 g/mol. The van der Waals surface area contributed by atoms with E-state index in [0.717, 1.165) is 6.07 Å². The first-order chi connectivity index (χ1) is 13.0. The van der Waals surface area contributed by atoms with E-state index in [1.165, 1.54) is 19.2 Å². The summed E-state index contributed by atoms with van der Waals surface area (Å²) in [6.07, 6.45) is -5.10. The largest absolute Gasteiger partial charge is 0.497 e. The van der Waals surface area contributed by atoms with Crippen LogP contribution in [0.3, 0.4) is 0 Å². The number of amides is 1. The van der Waals surface area contributed by atoms with Gasteiger partial charge in [-0.2, -0.15) is 13.2 Å². The lowest BCUT2D eigenvalue weighted by Crippen LogP contribution is -2.19. The number of nitrogens with zero attached hydrogens (tertiary/aromatic N) is 3. The van der Waals surface area contributed by atoms with Gasteiger partial charge in [0.15, 0.2) is 0 Å². The van der Waals surface area contributed by atoms with Crippen molar-refractivity contribution in [2.24, 2.45) is 0 Å². The van der Waals surface area contributed by atoms with E-state index in [0.29, 0.717) is 4.90 Å². The van der Waals surface area contributed by atoms with Gasteiger partial charge in [-0.05, 0) is 12.1 Å². The number of nitro benzene ring substituents is 2. The molecule has 0 spiro atoms. The molecule has 0 N–H and O–H groups in total. The number of hydrogen-bond acceptors (Lipinski definition) is 6. The number of carbonyl (C=O) groups excluding carboxylic acids is 1. The van der Waals surface area contributed by atoms with Gasteiger partial charge >= 0.3 is 17.6 Å². The Morgan fingerprint density at radius 3 is 2.00 bits per heavy atom. The molecular formula is C15H9ClF3N3O6. The third-order valence-corrected chi connectivity index (χ3v) is 3.72. The number of nitro groups is 2. The molecular weight excluding hydrogens is 411 g/mol. The summed E-state index contributed by atoms with van der Waals surface area (Å²) in [4.78, 5) is 32.2. The second-order valence-electron chi connectivity index (χ2n) is 5.20. The molecule has 0 aromatic heterocycles. The molecule has 0 radical (unpaired) electrons. The number of alkyl halides is 3. The number of anilines is 2. The van der Waals surface area contributed by atoms with Crippen LogP contribution in [0.1, 0.15) is 5.56 Å². The van der Waals surface area contributed by atoms with Crippen molar-refractivity contribution >= 4 is 40.8 Å². The van der Waals surface area contributed by atoms with Crippen LogP contribution in [0.5, 0.6) is 5.75 Å². The highest BCUT2D eigenvalue weighted by atomic mass is 35.5. The Morgan fingerprint density at radius 1 is 1.07 bits per heavy atom. The van der Waals surface area contributed by atoms with E-state index in [2.05, 4.69) is 0 Å². The molecule has 2 aromatic carbocycles. The molecule has 0 bridgehead atoms. The fourth-order valence-corrected chi connectivity index (χ4v) is 2.56. The van der Waals surface area contributed by atoms with Crippen molar-refractivity contribution in [3.63, 3.8) is 0 Å². The van der Waals surface area contributed by atoms with Gasteiger partial charge in [0.2, 0.25) is 12.1 Å². The van der Waals surface area contributed by atoms with Gasteiger partial charge in [0, 0.05) is 23.2 Å². The standard InChI is InChI=1S/C15H9ClF3N3O6/c1-28-11-5-9(16)4-10(6-11)20(7-23)14-12(21(24)25)2-8(15(17,18)19)3-13(14)22(26)27/h2-7H,1H3. The SMILES string of the molecule is COc1cc(Cl)cc(N(C=O)c2c([N+](=O)[O-])cc(C(F)(F)F)cc2[N+](=O)[O-])c1. The molecule has 0 atom stereocenters. The second kappa shape index (κ2) is 7.68. The van der Waals surface area contributed by atoms with Crippen LogP contribution in [0, 0.1) is 20.2 Å². The smallest absolute Gasteiger partial charge is 0.416 e. The molecule has 148 valence electrons. The van der Waals surface area contributed by atoms with E-state index < -0.39 is 38.6 Å². The molecule has 0 aliphatic carbocycles. The third kappa shape index (κ3) is 4.11. The molecule has 2 rings (SSSR count). The van der Waals surface area contributed by atoms with Crippen LogP contribution in [0.25, 0.3) is 0 Å². The minimum atomic E-state index is -5.08. The zero-order chi connectivity index (χ0) is 21.2. The summed E-state index contributed by atoms with van der Waals surface area (Å²) >= 11 is 5.87. The molecule has 0 aliphatic heterocycles. The van der Waals surface area contributed by atoms with Crippen molar-refractivity contribution in [2.45, 2.75) is 6.18 Å². The summed E-state index contributed by atoms with van der Waals surface area (Å²) < 4.78 is 43.9. The van der Waals surface area contributed by atoms with Crippen molar-refractivity contribution in [1.29, 1.82) is 0 Å². The number of rotatable bonds is 6. The maximum Gasteiger partial charge on any atom is 0.416 e. The van der Waals surface area contributed by atoms with Crippen molar-refractivity contribution < 1.29 is 32.5 Å². The van der Waals surface area contributed by atoms with Crippen LogP contribution >= 0.6 is 11.6 Å². The number of benzene rings is 2. The van der Waals surface area contributed by atoms with E-state index in [4.69, 9.17) is 16.3 Å². The average molecular weight is 420 g/mol. The molecule has 0 fully saturated rings. The van der Waals surface area contributed by atoms with E-state index in [1.54, 1.807) is 0 Å². The molecule has 0 heterocycles. The lowest BCUT2D eigenvalue weighted by molar-refractivity contribution is -0.392. The van der Waals surface area contributed by atoms with Crippen LogP contribution in [0.2, 0.25) is 5.02 Å². The highest BCUT2D eigenvalue weighted by Crippen LogP contribution is 2.45. The topological polar surface area (TPSA) is 116 Å². The molecule has 2 aromatic rings. The first-order valence-corrected chi connectivity index (χ1v) is 7.50. The summed E-state index contributed by atoms with van der Waals surface area (Å²) in [5.74, 6) is 0.103. The van der Waals surface area contributed by atoms with E-state index in [9.17, 15) is 38.2 Å². The fraction of sp³-hybridized carbons (Fsp3) is 0.133. The summed E-state index contributed by atoms with van der Waals surface area (Å²) in [6.45, 7) is 0. The van der Waals surface area contributed by atoms with Gasteiger partial charge in [0.1, 0.15) is 5.75 Å². The first kappa shape index (κ1) is 20.9. The Labute approximate surface area is 159 Å². The van der Waals surface area contributed by atoms with Gasteiger partial charge in [0.05, 0.1) is 28.2 Å². The van der Waals surface area contributed by atoms with Crippen LogP contribution < -0.4 is 9.64 Å². The molecule has 28 heavy (non-hydrogen) atoms. The Kier molecular flexibility index (Phi) is 5.73. The maximum atomic E-state index is 13.0. The Morgan fingerprint density at radius 2 is 1.61 bits per heavy atom. The number of hydrogen-bond donors (Lipinski definition) is 0. The highest BCUT2D eigenvalue weighted by molar-refractivity contribution is 6.31. The third-order valence-electron chi connectivity index (χ3n) is 3.51. The molecule has 9 nitrogen and oxygen atoms in total. The Bertz CT molecular complexity index is 932. The van der Waals surface area contributed by atoms with Gasteiger partial charge in [-0.25, -0.2) is 0 Å². The van der Waals surface area contributed by atoms with Crippen LogP contribution in [-0.2, 0) is 11.0 Å². The van der Waals surface area contributed by atoms with Crippen molar-refractivity contribution in [3.05, 3.63) is 61.1 Å². The zero-order valence-electron chi connectivity index (χ0n) is 13.8. The molecule has 1 amide bonds. The number of ether oxygens (including phenoxy) is 1. The van der Waals surface area contributed by atoms with Crippen molar-refractivity contribution in [2.75, 3.05) is 12.0 Å². The minimum Gasteiger partial charge on any atom is -0.497 e. The molecule has 0 saturated heterocycles. The summed E-state index contributed by atoms with van der Waals surface area (Å²) in [6, 6.07) is 3.85. The van der Waals surface area contributed by atoms with Gasteiger partial charge in [0.25, 0.3) is 0 Å². The lowest BCUT2D eigenvalue weighted by atomic mass is 10.1. The number of methoxy groups -OCH3 is 1. The Balaban J connectivity index is 2.87. The average Bonchev–Trinajstić information content (AvgIpc) is 2.60. The van der Waals surface area contributed by atoms with Crippen LogP contribution in [0.4, 0.5) is 35.9 Å². The molecule has 0 unspecified atom stereocenters. The zero-order valence-corrected chi connectivity index (χ0v) is 14.5. The first-order valence-electron chi connectivity index (χ1n) is 7.12. The van der Waals surface area contributed by atoms with E-state index in [-0.39, 0.29) is 35.0 Å². The summed E-state index contributed by atoms with van der Waals surface area (Å²) in [5.41, 5.74) is -5.32. The predicted octanol–water partition coefficient (Wildman–Crippen LogP) is 4.48. The van der Waals surface area contributed by atoms with Gasteiger partial charge < -0.3 is 4.74 Å². The molecule has 0 saturated carbocycles. The highest BCUT2D eigenvalue weighted by Gasteiger charge is 2.39. The van der Waals surface area contributed by atoms with Gasteiger partial charge in [-0.3, -0.25) is 29.9 Å². The lowest BCUT2D eigenvalue weighted by Gasteiger charge is -2.19. The van der Waals surface area contributed by atoms with E-state index >= 15 is 0 Å². The maximum absolute atomic E-state index is 13.0. The minimum absolute atomic E-state index is 0.0124. The second-order valence-corrected chi connectivity index (χ2v) is 5.64.